The van der Waals surface area contributed by atoms with Crippen LogP contribution in [0.2, 0.25) is 0 Å². The van der Waals surface area contributed by atoms with Crippen molar-refractivity contribution in [3.8, 4) is 0 Å². The van der Waals surface area contributed by atoms with Crippen molar-refractivity contribution >= 4 is 43.6 Å². The molecule has 1 aliphatic rings. The second-order valence-electron chi connectivity index (χ2n) is 9.37. The highest BCUT2D eigenvalue weighted by molar-refractivity contribution is 7.91. The summed E-state index contributed by atoms with van der Waals surface area (Å²) in [5, 5.41) is 9.39. The zero-order chi connectivity index (χ0) is 24.8. The quantitative estimate of drug-likeness (QED) is 0.452. The van der Waals surface area contributed by atoms with E-state index in [1.165, 1.54) is 6.20 Å². The van der Waals surface area contributed by atoms with Crippen LogP contribution < -0.4 is 0 Å². The molecule has 3 aromatic heterocycles. The van der Waals surface area contributed by atoms with Crippen LogP contribution in [0.4, 0.5) is 4.79 Å². The van der Waals surface area contributed by atoms with Crippen molar-refractivity contribution in [2.75, 3.05) is 13.1 Å². The van der Waals surface area contributed by atoms with Gasteiger partial charge in [-0.2, -0.15) is 0 Å². The summed E-state index contributed by atoms with van der Waals surface area (Å²) < 4.78 is 32.6. The Balaban J connectivity index is 1.66. The Morgan fingerprint density at radius 1 is 1.09 bits per heavy atom. The van der Waals surface area contributed by atoms with Gasteiger partial charge in [0.15, 0.2) is 11.3 Å². The number of amides is 1. The average molecular weight is 492 g/mol. The molecule has 1 aromatic carbocycles. The first-order chi connectivity index (χ1) is 16.6. The molecular weight excluding hydrogens is 466 g/mol. The van der Waals surface area contributed by atoms with Gasteiger partial charge in [0, 0.05) is 30.9 Å². The smallest absolute Gasteiger partial charge is 0.410 e. The highest BCUT2D eigenvalue weighted by Gasteiger charge is 2.28. The van der Waals surface area contributed by atoms with Crippen LogP contribution in [0.5, 0.6) is 0 Å². The van der Waals surface area contributed by atoms with Crippen LogP contribution in [-0.4, -0.2) is 58.3 Å². The minimum absolute atomic E-state index is 0.0693. The first-order valence-corrected chi connectivity index (χ1v) is 12.7. The van der Waals surface area contributed by atoms with Crippen LogP contribution in [0.3, 0.4) is 0 Å². The van der Waals surface area contributed by atoms with Crippen molar-refractivity contribution in [1.29, 1.82) is 0 Å². The van der Waals surface area contributed by atoms with E-state index in [0.717, 1.165) is 11.1 Å². The first-order valence-electron chi connectivity index (χ1n) is 11.2. The first kappa shape index (κ1) is 23.0. The lowest BCUT2D eigenvalue weighted by atomic mass is 9.98. The molecule has 180 valence electrons. The van der Waals surface area contributed by atoms with Gasteiger partial charge in [0.25, 0.3) is 0 Å². The molecule has 0 atom stereocenters. The van der Waals surface area contributed by atoms with Gasteiger partial charge in [-0.3, -0.25) is 0 Å². The topological polar surface area (TPSA) is 118 Å². The number of benzene rings is 1. The van der Waals surface area contributed by atoms with Gasteiger partial charge >= 0.3 is 6.09 Å². The number of carbonyl (C=O) groups excluding carboxylic acids is 1. The fourth-order valence-electron chi connectivity index (χ4n) is 4.21. The second kappa shape index (κ2) is 8.46. The predicted octanol–water partition coefficient (Wildman–Crippen LogP) is 4.36. The Morgan fingerprint density at radius 3 is 2.60 bits per heavy atom. The number of nitrogens with one attached hydrogen (secondary N) is 1. The van der Waals surface area contributed by atoms with Gasteiger partial charge < -0.3 is 14.6 Å². The van der Waals surface area contributed by atoms with Crippen molar-refractivity contribution < 1.29 is 17.9 Å². The Kier molecular flexibility index (Phi) is 5.55. The summed E-state index contributed by atoms with van der Waals surface area (Å²) in [7, 11) is -3.85. The molecule has 1 aliphatic heterocycles. The lowest BCUT2D eigenvalue weighted by Crippen LogP contribution is -2.39. The largest absolute Gasteiger partial charge is 0.444 e. The highest BCUT2D eigenvalue weighted by Crippen LogP contribution is 2.36. The number of H-pyrrole nitrogens is 1. The molecule has 5 rings (SSSR count). The zero-order valence-electron chi connectivity index (χ0n) is 19.6. The minimum atomic E-state index is -3.85. The number of rotatable bonds is 3. The van der Waals surface area contributed by atoms with Crippen LogP contribution in [0, 0.1) is 0 Å². The molecule has 35 heavy (non-hydrogen) atoms. The number of sulfone groups is 1. The van der Waals surface area contributed by atoms with Crippen LogP contribution >= 0.6 is 0 Å². The van der Waals surface area contributed by atoms with Gasteiger partial charge in [0.1, 0.15) is 10.5 Å². The Labute approximate surface area is 202 Å². The number of ether oxygens (including phenoxy) is 1. The summed E-state index contributed by atoms with van der Waals surface area (Å²) in [5.41, 5.74) is 1.72. The monoisotopic (exact) mass is 491 g/mol. The van der Waals surface area contributed by atoms with Gasteiger partial charge in [0.05, 0.1) is 10.3 Å². The molecule has 0 saturated carbocycles. The van der Waals surface area contributed by atoms with Gasteiger partial charge in [-0.15, -0.1) is 10.2 Å². The van der Waals surface area contributed by atoms with E-state index in [1.54, 1.807) is 41.4 Å². The van der Waals surface area contributed by atoms with E-state index in [1.807, 2.05) is 26.8 Å². The van der Waals surface area contributed by atoms with Gasteiger partial charge in [-0.1, -0.05) is 24.3 Å². The second-order valence-corrected chi connectivity index (χ2v) is 11.3. The number of hydrogen-bond donors (Lipinski definition) is 1. The number of fused-ring (bicyclic) bond motifs is 3. The third-order valence-corrected chi connectivity index (χ3v) is 7.52. The van der Waals surface area contributed by atoms with E-state index in [9.17, 15) is 13.2 Å². The van der Waals surface area contributed by atoms with E-state index in [2.05, 4.69) is 26.2 Å². The molecule has 1 N–H and O–H groups in total. The van der Waals surface area contributed by atoms with Gasteiger partial charge in [-0.05, 0) is 56.5 Å². The fourth-order valence-corrected chi connectivity index (χ4v) is 5.63. The molecule has 1 amide bonds. The molecule has 0 bridgehead atoms. The van der Waals surface area contributed by atoms with Gasteiger partial charge in [0.2, 0.25) is 9.84 Å². The molecule has 9 nitrogen and oxygen atoms in total. The Hall–Kier alpha value is -3.79. The maximum Gasteiger partial charge on any atom is 0.410 e. The van der Waals surface area contributed by atoms with Crippen molar-refractivity contribution in [3.05, 3.63) is 60.4 Å². The summed E-state index contributed by atoms with van der Waals surface area (Å²) in [6.07, 6.45) is 5.38. The van der Waals surface area contributed by atoms with Crippen molar-refractivity contribution in [3.63, 3.8) is 0 Å². The number of aromatic amines is 1. The van der Waals surface area contributed by atoms with Crippen LogP contribution in [-0.2, 0) is 14.6 Å². The summed E-state index contributed by atoms with van der Waals surface area (Å²) in [5.74, 6) is 0. The van der Waals surface area contributed by atoms with E-state index in [4.69, 9.17) is 4.74 Å². The van der Waals surface area contributed by atoms with E-state index < -0.39 is 15.4 Å². The van der Waals surface area contributed by atoms with Gasteiger partial charge in [-0.25, -0.2) is 18.2 Å². The lowest BCUT2D eigenvalue weighted by Gasteiger charge is -2.30. The third-order valence-electron chi connectivity index (χ3n) is 5.74. The van der Waals surface area contributed by atoms with E-state index in [-0.39, 0.29) is 21.5 Å². The van der Waals surface area contributed by atoms with Crippen LogP contribution in [0.25, 0.3) is 27.6 Å². The third kappa shape index (κ3) is 4.25. The molecule has 10 heteroatoms. The number of carbonyl (C=O) groups is 1. The fraction of sp³-hybridized carbons (Fsp3) is 0.280. The maximum atomic E-state index is 13.5. The molecule has 0 saturated heterocycles. The number of nitrogens with zero attached hydrogens (tertiary/aromatic N) is 4. The van der Waals surface area contributed by atoms with E-state index in [0.29, 0.717) is 35.9 Å². The number of pyridine rings is 1. The summed E-state index contributed by atoms with van der Waals surface area (Å²) in [4.78, 5) is 21.9. The molecular formula is C25H25N5O4S. The normalized spacial score (nSPS) is 14.8. The standard InChI is InChI=1S/C25H25N5O4S/c1-25(2,3)34-24(31)30-13-7-8-16(15-30)18-11-12-26-22-20(18)21-19(14-27-23(21)29-28-22)35(32,33)17-9-5-4-6-10-17/h4-6,8-12,14H,7,13,15H2,1-3H3,(H,26,28). The zero-order valence-corrected chi connectivity index (χ0v) is 20.5. The SMILES string of the molecule is CC(C)(C)OC(=O)N1CCC=C(c2cc[nH]c3nnc4ncc(S(=O)(=O)c5ccccc5)c4c23)C1. The average Bonchev–Trinajstić information content (AvgIpc) is 3.29. The highest BCUT2D eigenvalue weighted by atomic mass is 32.2. The molecule has 0 spiro atoms. The number of hydrogen-bond acceptors (Lipinski definition) is 7. The summed E-state index contributed by atoms with van der Waals surface area (Å²) in [6.45, 7) is 6.36. The summed E-state index contributed by atoms with van der Waals surface area (Å²) in [6, 6.07) is 10.1. The molecule has 0 unspecified atom stereocenters. The van der Waals surface area contributed by atoms with Crippen molar-refractivity contribution in [2.24, 2.45) is 0 Å². The van der Waals surface area contributed by atoms with E-state index >= 15 is 0 Å². The number of aromatic nitrogens is 4. The minimum Gasteiger partial charge on any atom is -0.444 e. The maximum absolute atomic E-state index is 13.5. The Bertz CT molecular complexity index is 1570. The van der Waals surface area contributed by atoms with Crippen LogP contribution in [0.15, 0.2) is 64.7 Å². The van der Waals surface area contributed by atoms with Crippen molar-refractivity contribution in [1.82, 2.24) is 25.1 Å². The lowest BCUT2D eigenvalue weighted by molar-refractivity contribution is 0.0273. The van der Waals surface area contributed by atoms with Crippen molar-refractivity contribution in [2.45, 2.75) is 42.6 Å². The predicted molar refractivity (Wildman–Crippen MR) is 131 cm³/mol. The Morgan fingerprint density at radius 2 is 1.86 bits per heavy atom. The molecule has 0 aliphatic carbocycles. The molecule has 4 heterocycles. The molecule has 4 aromatic rings. The molecule has 0 fully saturated rings. The van der Waals surface area contributed by atoms with Crippen LogP contribution in [0.1, 0.15) is 32.8 Å². The summed E-state index contributed by atoms with van der Waals surface area (Å²) >= 11 is 0. The molecule has 0 radical (unpaired) electrons.